The van der Waals surface area contributed by atoms with Gasteiger partial charge < -0.3 is 5.73 Å². The summed E-state index contributed by atoms with van der Waals surface area (Å²) < 4.78 is 0.550. The van der Waals surface area contributed by atoms with Gasteiger partial charge in [0, 0.05) is 5.56 Å². The molecule has 4 N–H and O–H groups in total. The Labute approximate surface area is 125 Å². The Morgan fingerprint density at radius 3 is 2.67 bits per heavy atom. The monoisotopic (exact) mass is 325 g/mol. The summed E-state index contributed by atoms with van der Waals surface area (Å²) in [6.45, 7) is 2.08. The Kier molecular flexibility index (Phi) is 6.14. The fraction of sp³-hybridized carbons (Fsp3) is 0.400. The van der Waals surface area contributed by atoms with Crippen LogP contribution in [0.2, 0.25) is 9.36 Å². The third-order valence-electron chi connectivity index (χ3n) is 2.18. The second-order valence-corrected chi connectivity index (χ2v) is 5.98. The van der Waals surface area contributed by atoms with E-state index >= 15 is 0 Å². The van der Waals surface area contributed by atoms with Gasteiger partial charge in [-0.1, -0.05) is 36.5 Å². The van der Waals surface area contributed by atoms with Gasteiger partial charge in [-0.05, 0) is 25.1 Å². The quantitative estimate of drug-likeness (QED) is 0.588. The van der Waals surface area contributed by atoms with Crippen molar-refractivity contribution in [3.63, 3.8) is 0 Å². The second-order valence-electron chi connectivity index (χ2n) is 3.54. The lowest BCUT2D eigenvalue weighted by molar-refractivity contribution is 0.0948. The maximum atomic E-state index is 11.8. The van der Waals surface area contributed by atoms with Gasteiger partial charge in [0.25, 0.3) is 5.91 Å². The average Bonchev–Trinajstić information content (AvgIpc) is 2.59. The second kappa shape index (κ2) is 7.13. The molecule has 100 valence electrons. The number of unbranched alkanes of at least 4 members (excludes halogenated alkanes) is 1. The van der Waals surface area contributed by atoms with Crippen LogP contribution in [0.1, 0.15) is 35.0 Å². The largest absolute Gasteiger partial charge is 0.375 e. The lowest BCUT2D eigenvalue weighted by Crippen LogP contribution is -2.44. The molecule has 0 aliphatic rings. The molecular weight excluding hydrogens is 313 g/mol. The van der Waals surface area contributed by atoms with E-state index < -0.39 is 5.91 Å². The van der Waals surface area contributed by atoms with Gasteiger partial charge in [0.15, 0.2) is 5.11 Å². The van der Waals surface area contributed by atoms with Gasteiger partial charge in [0.05, 0.1) is 9.36 Å². The van der Waals surface area contributed by atoms with Gasteiger partial charge in [0.1, 0.15) is 4.88 Å². The van der Waals surface area contributed by atoms with E-state index in [1.54, 1.807) is 0 Å². The molecule has 8 heteroatoms. The Balaban J connectivity index is 2.83. The van der Waals surface area contributed by atoms with Crippen molar-refractivity contribution >= 4 is 57.8 Å². The zero-order chi connectivity index (χ0) is 13.7. The molecule has 0 aliphatic heterocycles. The summed E-state index contributed by atoms with van der Waals surface area (Å²) in [4.78, 5) is 12.1. The minimum absolute atomic E-state index is 0.0201. The summed E-state index contributed by atoms with van der Waals surface area (Å²) in [5.74, 6) is -0.401. The number of carbonyl (C=O) groups is 1. The highest BCUT2D eigenvalue weighted by Gasteiger charge is 2.20. The minimum atomic E-state index is -0.401. The van der Waals surface area contributed by atoms with Crippen LogP contribution >= 0.6 is 46.8 Å². The molecule has 0 bridgehead atoms. The van der Waals surface area contributed by atoms with Crippen molar-refractivity contribution in [1.82, 2.24) is 10.9 Å². The zero-order valence-electron chi connectivity index (χ0n) is 9.68. The molecular formula is C10H13Cl2N3OS2. The number of halogens is 2. The van der Waals surface area contributed by atoms with E-state index in [0.29, 0.717) is 14.2 Å². The minimum Gasteiger partial charge on any atom is -0.375 e. The first-order valence-corrected chi connectivity index (χ1v) is 7.27. The van der Waals surface area contributed by atoms with E-state index in [1.165, 1.54) is 0 Å². The van der Waals surface area contributed by atoms with Crippen molar-refractivity contribution in [3.8, 4) is 0 Å². The van der Waals surface area contributed by atoms with Gasteiger partial charge in [-0.25, -0.2) is 0 Å². The molecule has 18 heavy (non-hydrogen) atoms. The molecule has 1 amide bonds. The molecule has 1 rings (SSSR count). The number of thiophene rings is 1. The van der Waals surface area contributed by atoms with E-state index in [4.69, 9.17) is 28.9 Å². The molecule has 0 aliphatic carbocycles. The molecule has 1 aromatic heterocycles. The number of thiocarbonyl (C=S) groups is 1. The number of nitrogens with two attached hydrogens (primary N) is 1. The van der Waals surface area contributed by atoms with Crippen LogP contribution in [0.15, 0.2) is 0 Å². The fourth-order valence-corrected chi connectivity index (χ4v) is 3.13. The van der Waals surface area contributed by atoms with Crippen molar-refractivity contribution in [2.24, 2.45) is 5.73 Å². The molecule has 0 atom stereocenters. The zero-order valence-corrected chi connectivity index (χ0v) is 12.8. The Hall–Kier alpha value is -0.560. The predicted octanol–water partition coefficient (Wildman–Crippen LogP) is 2.88. The number of carbonyl (C=O) groups excluding carboxylic acids is 1. The van der Waals surface area contributed by atoms with Crippen LogP contribution in [0.3, 0.4) is 0 Å². The van der Waals surface area contributed by atoms with Crippen molar-refractivity contribution in [1.29, 1.82) is 0 Å². The maximum Gasteiger partial charge on any atom is 0.281 e. The Morgan fingerprint density at radius 1 is 1.44 bits per heavy atom. The molecule has 0 radical (unpaired) electrons. The first kappa shape index (κ1) is 15.5. The topological polar surface area (TPSA) is 67.2 Å². The molecule has 1 heterocycles. The van der Waals surface area contributed by atoms with Gasteiger partial charge in [-0.15, -0.1) is 11.3 Å². The summed E-state index contributed by atoms with van der Waals surface area (Å²) >= 11 is 18.0. The normalized spacial score (nSPS) is 10.2. The Morgan fingerprint density at radius 2 is 2.11 bits per heavy atom. The maximum absolute atomic E-state index is 11.8. The number of hydrogen-bond donors (Lipinski definition) is 3. The lowest BCUT2D eigenvalue weighted by atomic mass is 10.1. The summed E-state index contributed by atoms with van der Waals surface area (Å²) in [5, 5.41) is 0.383. The lowest BCUT2D eigenvalue weighted by Gasteiger charge is -2.05. The van der Waals surface area contributed by atoms with Gasteiger partial charge in [-0.2, -0.15) is 0 Å². The number of hydrazine groups is 1. The van der Waals surface area contributed by atoms with E-state index in [0.717, 1.165) is 36.2 Å². The van der Waals surface area contributed by atoms with E-state index in [1.807, 2.05) is 0 Å². The summed E-state index contributed by atoms with van der Waals surface area (Å²) in [5.41, 5.74) is 10.7. The van der Waals surface area contributed by atoms with Crippen molar-refractivity contribution in [3.05, 3.63) is 19.8 Å². The van der Waals surface area contributed by atoms with Gasteiger partial charge >= 0.3 is 0 Å². The molecule has 1 aromatic rings. The highest BCUT2D eigenvalue weighted by atomic mass is 35.5. The molecule has 4 nitrogen and oxygen atoms in total. The highest BCUT2D eigenvalue weighted by Crippen LogP contribution is 2.37. The van der Waals surface area contributed by atoms with E-state index in [2.05, 4.69) is 30.0 Å². The fourth-order valence-electron chi connectivity index (χ4n) is 1.30. The number of nitrogens with one attached hydrogen (secondary N) is 2. The van der Waals surface area contributed by atoms with Gasteiger partial charge in [0.2, 0.25) is 0 Å². The smallest absolute Gasteiger partial charge is 0.281 e. The molecule has 0 unspecified atom stereocenters. The number of amides is 1. The van der Waals surface area contributed by atoms with Crippen molar-refractivity contribution < 1.29 is 4.79 Å². The molecule has 0 aromatic carbocycles. The van der Waals surface area contributed by atoms with Crippen LogP contribution in [0.25, 0.3) is 0 Å². The van der Waals surface area contributed by atoms with Crippen LogP contribution in [0.5, 0.6) is 0 Å². The summed E-state index contributed by atoms with van der Waals surface area (Å²) in [7, 11) is 0. The SMILES string of the molecule is CCCCc1c(Cl)sc(C(=O)NNC(N)=S)c1Cl. The number of rotatable bonds is 4. The van der Waals surface area contributed by atoms with E-state index in [-0.39, 0.29) is 5.11 Å². The van der Waals surface area contributed by atoms with Crippen molar-refractivity contribution in [2.75, 3.05) is 0 Å². The molecule has 0 spiro atoms. The van der Waals surface area contributed by atoms with Crippen molar-refractivity contribution in [2.45, 2.75) is 26.2 Å². The van der Waals surface area contributed by atoms with Crippen LogP contribution in [0.4, 0.5) is 0 Å². The van der Waals surface area contributed by atoms with Crippen LogP contribution in [0, 0.1) is 0 Å². The van der Waals surface area contributed by atoms with Crippen LogP contribution < -0.4 is 16.6 Å². The highest BCUT2D eigenvalue weighted by molar-refractivity contribution is 7.80. The predicted molar refractivity (Wildman–Crippen MR) is 80.3 cm³/mol. The Bertz CT molecular complexity index is 462. The first-order valence-electron chi connectivity index (χ1n) is 5.29. The van der Waals surface area contributed by atoms with Gasteiger partial charge in [-0.3, -0.25) is 15.6 Å². The third kappa shape index (κ3) is 3.98. The number of hydrogen-bond acceptors (Lipinski definition) is 3. The standard InChI is InChI=1S/C10H13Cl2N3OS2/c1-2-3-4-5-6(11)7(18-8(5)12)9(16)14-15-10(13)17/h2-4H2,1H3,(H,14,16)(H3,13,15,17). The average molecular weight is 326 g/mol. The van der Waals surface area contributed by atoms with Crippen LogP contribution in [-0.4, -0.2) is 11.0 Å². The van der Waals surface area contributed by atoms with Crippen LogP contribution in [-0.2, 0) is 6.42 Å². The first-order chi connectivity index (χ1) is 8.47. The third-order valence-corrected chi connectivity index (χ3v) is 4.29. The van der Waals surface area contributed by atoms with E-state index in [9.17, 15) is 4.79 Å². The molecule has 0 fully saturated rings. The summed E-state index contributed by atoms with van der Waals surface area (Å²) in [6, 6.07) is 0. The molecule has 0 saturated heterocycles. The summed E-state index contributed by atoms with van der Waals surface area (Å²) in [6.07, 6.45) is 2.77. The molecule has 0 saturated carbocycles.